The highest BCUT2D eigenvalue weighted by molar-refractivity contribution is 5.16. The molecule has 1 atom stereocenters. The van der Waals surface area contributed by atoms with Crippen LogP contribution >= 0.6 is 0 Å². The molecule has 1 fully saturated rings. The molecule has 2 N–H and O–H groups in total. The summed E-state index contributed by atoms with van der Waals surface area (Å²) in [6.07, 6.45) is -2.45. The lowest BCUT2D eigenvalue weighted by Crippen LogP contribution is -2.28. The Hall–Kier alpha value is -1.04. The van der Waals surface area contributed by atoms with Gasteiger partial charge in [-0.15, -0.1) is 0 Å². The molecule has 1 aromatic rings. The number of halogens is 3. The van der Waals surface area contributed by atoms with Crippen LogP contribution in [0.4, 0.5) is 13.2 Å². The molecule has 1 aromatic heterocycles. The number of hydrogen-bond acceptors (Lipinski definition) is 2. The van der Waals surface area contributed by atoms with Gasteiger partial charge in [0.05, 0.1) is 0 Å². The molecule has 15 heavy (non-hydrogen) atoms. The Morgan fingerprint density at radius 2 is 2.20 bits per heavy atom. The number of aromatic amines is 1. The molecule has 3 nitrogen and oxygen atoms in total. The number of hydrogen-bond donors (Lipinski definition) is 2. The second-order valence-electron chi connectivity index (χ2n) is 3.75. The number of nitrogens with one attached hydrogen (secondary N) is 2. The van der Waals surface area contributed by atoms with Crippen LogP contribution < -0.4 is 5.32 Å². The first kappa shape index (κ1) is 10.5. The van der Waals surface area contributed by atoms with Crippen molar-refractivity contribution in [3.63, 3.8) is 0 Å². The maximum atomic E-state index is 12.3. The highest BCUT2D eigenvalue weighted by atomic mass is 19.4. The van der Waals surface area contributed by atoms with Crippen molar-refractivity contribution in [1.29, 1.82) is 0 Å². The Morgan fingerprint density at radius 3 is 2.73 bits per heavy atom. The zero-order valence-corrected chi connectivity index (χ0v) is 8.06. The van der Waals surface area contributed by atoms with E-state index in [4.69, 9.17) is 0 Å². The van der Waals surface area contributed by atoms with Gasteiger partial charge < -0.3 is 5.32 Å². The summed E-state index contributed by atoms with van der Waals surface area (Å²) >= 11 is 0. The van der Waals surface area contributed by atoms with Gasteiger partial charge in [0, 0.05) is 18.2 Å². The van der Waals surface area contributed by atoms with Crippen LogP contribution in [0, 0.1) is 0 Å². The summed E-state index contributed by atoms with van der Waals surface area (Å²) in [7, 11) is 0. The zero-order chi connectivity index (χ0) is 10.9. The molecule has 0 bridgehead atoms. The molecule has 1 aliphatic heterocycles. The summed E-state index contributed by atoms with van der Waals surface area (Å²) in [5.41, 5.74) is -0.252. The van der Waals surface area contributed by atoms with Crippen LogP contribution in [0.1, 0.15) is 30.1 Å². The molecule has 0 amide bonds. The van der Waals surface area contributed by atoms with Crippen molar-refractivity contribution in [2.75, 3.05) is 13.1 Å². The maximum Gasteiger partial charge on any atom is 0.435 e. The van der Waals surface area contributed by atoms with Crippen LogP contribution in [0.25, 0.3) is 0 Å². The first-order valence-electron chi connectivity index (χ1n) is 4.90. The molecule has 1 aliphatic rings. The lowest BCUT2D eigenvalue weighted by molar-refractivity contribution is -0.141. The Kier molecular flexibility index (Phi) is 2.68. The minimum absolute atomic E-state index is 0.127. The van der Waals surface area contributed by atoms with Crippen molar-refractivity contribution in [3.8, 4) is 0 Å². The summed E-state index contributed by atoms with van der Waals surface area (Å²) in [5.74, 6) is 0.127. The number of rotatable bonds is 1. The first-order valence-corrected chi connectivity index (χ1v) is 4.90. The van der Waals surface area contributed by atoms with Crippen molar-refractivity contribution < 1.29 is 13.2 Å². The molecule has 2 heterocycles. The highest BCUT2D eigenvalue weighted by Gasteiger charge is 2.34. The van der Waals surface area contributed by atoms with Crippen molar-refractivity contribution >= 4 is 0 Å². The molecule has 0 spiro atoms. The van der Waals surface area contributed by atoms with E-state index < -0.39 is 11.9 Å². The smallest absolute Gasteiger partial charge is 0.316 e. The van der Waals surface area contributed by atoms with Crippen LogP contribution in [0.15, 0.2) is 6.07 Å². The molecular formula is C9H12F3N3. The molecule has 2 rings (SSSR count). The summed E-state index contributed by atoms with van der Waals surface area (Å²) < 4.78 is 36.8. The first-order chi connectivity index (χ1) is 7.07. The molecule has 0 aromatic carbocycles. The number of piperidine rings is 1. The number of alkyl halides is 3. The summed E-state index contributed by atoms with van der Waals surface area (Å²) in [6, 6.07) is 1.11. The quantitative estimate of drug-likeness (QED) is 0.757. The van der Waals surface area contributed by atoms with E-state index in [1.807, 2.05) is 0 Å². The summed E-state index contributed by atoms with van der Waals surface area (Å²) in [5, 5.41) is 8.91. The van der Waals surface area contributed by atoms with Crippen LogP contribution in [-0.2, 0) is 6.18 Å². The average Bonchev–Trinajstić information content (AvgIpc) is 2.67. The largest absolute Gasteiger partial charge is 0.435 e. The van der Waals surface area contributed by atoms with E-state index in [-0.39, 0.29) is 5.92 Å². The molecule has 0 radical (unpaired) electrons. The van der Waals surface area contributed by atoms with Gasteiger partial charge in [0.2, 0.25) is 0 Å². The van der Waals surface area contributed by atoms with Crippen molar-refractivity contribution in [3.05, 3.63) is 17.5 Å². The third-order valence-corrected chi connectivity index (χ3v) is 2.62. The van der Waals surface area contributed by atoms with Gasteiger partial charge in [-0.1, -0.05) is 0 Å². The normalized spacial score (nSPS) is 23.0. The lowest BCUT2D eigenvalue weighted by Gasteiger charge is -2.21. The Morgan fingerprint density at radius 1 is 1.40 bits per heavy atom. The minimum atomic E-state index is -4.35. The van der Waals surface area contributed by atoms with E-state index in [0.29, 0.717) is 5.69 Å². The molecule has 6 heteroatoms. The van der Waals surface area contributed by atoms with Crippen molar-refractivity contribution in [2.45, 2.75) is 24.9 Å². The van der Waals surface area contributed by atoms with Gasteiger partial charge in [-0.25, -0.2) is 0 Å². The predicted molar refractivity (Wildman–Crippen MR) is 48.4 cm³/mol. The lowest BCUT2D eigenvalue weighted by atomic mass is 9.96. The average molecular weight is 219 g/mol. The minimum Gasteiger partial charge on any atom is -0.316 e. The van der Waals surface area contributed by atoms with E-state index in [0.717, 1.165) is 32.0 Å². The fourth-order valence-electron chi connectivity index (χ4n) is 1.81. The second-order valence-corrected chi connectivity index (χ2v) is 3.75. The number of H-pyrrole nitrogens is 1. The fraction of sp³-hybridized carbons (Fsp3) is 0.667. The topological polar surface area (TPSA) is 40.7 Å². The number of nitrogens with zero attached hydrogens (tertiary/aromatic N) is 1. The SMILES string of the molecule is FC(F)(F)c1cc(C2CCCNC2)[nH]n1. The van der Waals surface area contributed by atoms with Gasteiger partial charge in [0.1, 0.15) is 0 Å². The van der Waals surface area contributed by atoms with Crippen LogP contribution in [0.2, 0.25) is 0 Å². The van der Waals surface area contributed by atoms with Gasteiger partial charge in [0.15, 0.2) is 5.69 Å². The van der Waals surface area contributed by atoms with Crippen molar-refractivity contribution in [1.82, 2.24) is 15.5 Å². The monoisotopic (exact) mass is 219 g/mol. The maximum absolute atomic E-state index is 12.3. The second kappa shape index (κ2) is 3.84. The van der Waals surface area contributed by atoms with Gasteiger partial charge in [-0.05, 0) is 25.5 Å². The van der Waals surface area contributed by atoms with Crippen LogP contribution in [0.3, 0.4) is 0 Å². The summed E-state index contributed by atoms with van der Waals surface area (Å²) in [6.45, 7) is 1.66. The van der Waals surface area contributed by atoms with Gasteiger partial charge in [-0.3, -0.25) is 5.10 Å². The third-order valence-electron chi connectivity index (χ3n) is 2.62. The molecule has 84 valence electrons. The van der Waals surface area contributed by atoms with Crippen LogP contribution in [0.5, 0.6) is 0 Å². The third kappa shape index (κ3) is 2.31. The molecule has 0 saturated carbocycles. The Balaban J connectivity index is 2.12. The van der Waals surface area contributed by atoms with Crippen LogP contribution in [-0.4, -0.2) is 23.3 Å². The molecular weight excluding hydrogens is 207 g/mol. The van der Waals surface area contributed by atoms with E-state index in [2.05, 4.69) is 15.5 Å². The fourth-order valence-corrected chi connectivity index (χ4v) is 1.81. The summed E-state index contributed by atoms with van der Waals surface area (Å²) in [4.78, 5) is 0. The van der Waals surface area contributed by atoms with Gasteiger partial charge in [0.25, 0.3) is 0 Å². The standard InChI is InChI=1S/C9H12F3N3/c10-9(11,12)8-4-7(14-15-8)6-2-1-3-13-5-6/h4,6,13H,1-3,5H2,(H,14,15). The number of aromatic nitrogens is 2. The van der Waals surface area contributed by atoms with E-state index >= 15 is 0 Å². The van der Waals surface area contributed by atoms with E-state index in [1.54, 1.807) is 0 Å². The van der Waals surface area contributed by atoms with Gasteiger partial charge >= 0.3 is 6.18 Å². The van der Waals surface area contributed by atoms with Crippen molar-refractivity contribution in [2.24, 2.45) is 0 Å². The highest BCUT2D eigenvalue weighted by Crippen LogP contribution is 2.30. The Labute approximate surface area is 85.1 Å². The molecule has 1 saturated heterocycles. The van der Waals surface area contributed by atoms with E-state index in [1.165, 1.54) is 0 Å². The van der Waals surface area contributed by atoms with Gasteiger partial charge in [-0.2, -0.15) is 18.3 Å². The predicted octanol–water partition coefficient (Wildman–Crippen LogP) is 1.90. The Bertz CT molecular complexity index is 326. The molecule has 1 unspecified atom stereocenters. The zero-order valence-electron chi connectivity index (χ0n) is 8.06. The molecule has 0 aliphatic carbocycles. The van der Waals surface area contributed by atoms with E-state index in [9.17, 15) is 13.2 Å².